The van der Waals surface area contributed by atoms with E-state index in [1.807, 2.05) is 18.2 Å². The average molecular weight is 246 g/mol. The van der Waals surface area contributed by atoms with Crippen LogP contribution in [0.3, 0.4) is 0 Å². The fraction of sp³-hybridized carbons (Fsp3) is 0.333. The lowest BCUT2D eigenvalue weighted by Crippen LogP contribution is -2.00. The molecule has 0 amide bonds. The molecule has 1 atom stereocenters. The zero-order valence-corrected chi connectivity index (χ0v) is 11.1. The molecule has 0 aliphatic heterocycles. The Labute approximate surface area is 107 Å². The van der Waals surface area contributed by atoms with Crippen LogP contribution in [0.5, 0.6) is 0 Å². The molecule has 1 unspecified atom stereocenters. The summed E-state index contributed by atoms with van der Waals surface area (Å²) >= 11 is 1.72. The maximum Gasteiger partial charge on any atom is 0.0803 e. The fourth-order valence-electron chi connectivity index (χ4n) is 1.96. The molecule has 0 spiro atoms. The molecule has 0 fully saturated rings. The van der Waals surface area contributed by atoms with Crippen LogP contribution < -0.4 is 0 Å². The zero-order chi connectivity index (χ0) is 12.3. The van der Waals surface area contributed by atoms with Gasteiger partial charge >= 0.3 is 0 Å². The molecule has 2 heteroatoms. The number of benzene rings is 1. The molecule has 0 radical (unpaired) electrons. The molecule has 2 rings (SSSR count). The maximum atomic E-state index is 10.2. The predicted octanol–water partition coefficient (Wildman–Crippen LogP) is 4.03. The summed E-state index contributed by atoms with van der Waals surface area (Å²) in [6, 6.07) is 10.3. The first-order chi connectivity index (χ1) is 8.18. The topological polar surface area (TPSA) is 20.2 Å². The van der Waals surface area contributed by atoms with Crippen molar-refractivity contribution < 1.29 is 5.11 Å². The van der Waals surface area contributed by atoms with Gasteiger partial charge in [0.2, 0.25) is 0 Å². The van der Waals surface area contributed by atoms with Gasteiger partial charge in [-0.2, -0.15) is 0 Å². The predicted molar refractivity (Wildman–Crippen MR) is 73.5 cm³/mol. The normalized spacial score (nSPS) is 12.6. The Balaban J connectivity index is 1.98. The highest BCUT2D eigenvalue weighted by molar-refractivity contribution is 7.10. The van der Waals surface area contributed by atoms with Crippen LogP contribution >= 0.6 is 11.3 Å². The highest BCUT2D eigenvalue weighted by atomic mass is 32.1. The molecule has 17 heavy (non-hydrogen) atoms. The lowest BCUT2D eigenvalue weighted by molar-refractivity contribution is 0.167. The van der Waals surface area contributed by atoms with Crippen molar-refractivity contribution in [2.75, 3.05) is 0 Å². The second kappa shape index (κ2) is 5.48. The minimum absolute atomic E-state index is 0.333. The first-order valence-electron chi connectivity index (χ1n) is 5.95. The first-order valence-corrected chi connectivity index (χ1v) is 6.83. The SMILES string of the molecule is Cc1scc(C(O)CCc2ccccc2)c1C. The zero-order valence-electron chi connectivity index (χ0n) is 10.3. The highest BCUT2D eigenvalue weighted by Crippen LogP contribution is 2.28. The van der Waals surface area contributed by atoms with Gasteiger partial charge in [0, 0.05) is 4.88 Å². The van der Waals surface area contributed by atoms with Crippen LogP contribution in [-0.4, -0.2) is 5.11 Å². The number of thiophene rings is 1. The molecule has 0 aliphatic rings. The molecule has 90 valence electrons. The first kappa shape index (κ1) is 12.3. The van der Waals surface area contributed by atoms with E-state index in [4.69, 9.17) is 0 Å². The standard InChI is InChI=1S/C15H18OS/c1-11-12(2)17-10-14(11)15(16)9-8-13-6-4-3-5-7-13/h3-7,10,15-16H,8-9H2,1-2H3. The lowest BCUT2D eigenvalue weighted by atomic mass is 10.0. The molecule has 1 N–H and O–H groups in total. The van der Waals surface area contributed by atoms with E-state index in [9.17, 15) is 5.11 Å². The summed E-state index contributed by atoms with van der Waals surface area (Å²) in [4.78, 5) is 1.30. The second-order valence-electron chi connectivity index (χ2n) is 4.41. The molecule has 0 saturated heterocycles. The average Bonchev–Trinajstić information content (AvgIpc) is 2.69. The van der Waals surface area contributed by atoms with Gasteiger partial charge < -0.3 is 5.11 Å². The third-order valence-electron chi connectivity index (χ3n) is 3.23. The van der Waals surface area contributed by atoms with Crippen LogP contribution in [0.15, 0.2) is 35.7 Å². The fourth-order valence-corrected chi connectivity index (χ4v) is 2.90. The number of aliphatic hydroxyl groups excluding tert-OH is 1. The van der Waals surface area contributed by atoms with Crippen LogP contribution in [0.1, 0.15) is 34.1 Å². The van der Waals surface area contributed by atoms with Crippen molar-refractivity contribution in [1.29, 1.82) is 0 Å². The van der Waals surface area contributed by atoms with Crippen molar-refractivity contribution in [3.63, 3.8) is 0 Å². The van der Waals surface area contributed by atoms with Gasteiger partial charge in [0.15, 0.2) is 0 Å². The van der Waals surface area contributed by atoms with Crippen LogP contribution in [0.4, 0.5) is 0 Å². The van der Waals surface area contributed by atoms with Crippen molar-refractivity contribution in [3.05, 3.63) is 57.3 Å². The number of aliphatic hydroxyl groups is 1. The van der Waals surface area contributed by atoms with Crippen molar-refractivity contribution in [1.82, 2.24) is 0 Å². The summed E-state index contributed by atoms with van der Waals surface area (Å²) in [5, 5.41) is 12.3. The number of rotatable bonds is 4. The summed E-state index contributed by atoms with van der Waals surface area (Å²) in [6.45, 7) is 4.19. The Hall–Kier alpha value is -1.12. The van der Waals surface area contributed by atoms with E-state index in [1.165, 1.54) is 16.0 Å². The smallest absolute Gasteiger partial charge is 0.0803 e. The van der Waals surface area contributed by atoms with Crippen LogP contribution in [0, 0.1) is 13.8 Å². The molecule has 1 aromatic carbocycles. The largest absolute Gasteiger partial charge is 0.388 e. The van der Waals surface area contributed by atoms with Gasteiger partial charge in [-0.15, -0.1) is 11.3 Å². The molecule has 1 aromatic heterocycles. The van der Waals surface area contributed by atoms with E-state index < -0.39 is 0 Å². The van der Waals surface area contributed by atoms with E-state index >= 15 is 0 Å². The van der Waals surface area contributed by atoms with E-state index in [2.05, 4.69) is 31.4 Å². The number of hydrogen-bond acceptors (Lipinski definition) is 2. The van der Waals surface area contributed by atoms with Crippen molar-refractivity contribution in [2.24, 2.45) is 0 Å². The van der Waals surface area contributed by atoms with Crippen LogP contribution in [0.25, 0.3) is 0 Å². The van der Waals surface area contributed by atoms with Gasteiger partial charge in [-0.25, -0.2) is 0 Å². The van der Waals surface area contributed by atoms with E-state index in [-0.39, 0.29) is 6.10 Å². The summed E-state index contributed by atoms with van der Waals surface area (Å²) in [5.74, 6) is 0. The van der Waals surface area contributed by atoms with Gasteiger partial charge in [-0.3, -0.25) is 0 Å². The molecule has 0 saturated carbocycles. The molecule has 2 aromatic rings. The third-order valence-corrected chi connectivity index (χ3v) is 4.26. The molecular weight excluding hydrogens is 228 g/mol. The Kier molecular flexibility index (Phi) is 3.97. The molecule has 1 nitrogen and oxygen atoms in total. The third kappa shape index (κ3) is 2.96. The van der Waals surface area contributed by atoms with Gasteiger partial charge in [0.05, 0.1) is 6.10 Å². The van der Waals surface area contributed by atoms with E-state index in [1.54, 1.807) is 11.3 Å². The summed E-state index contributed by atoms with van der Waals surface area (Å²) in [6.07, 6.45) is 1.39. The summed E-state index contributed by atoms with van der Waals surface area (Å²) < 4.78 is 0. The van der Waals surface area contributed by atoms with Crippen molar-refractivity contribution in [3.8, 4) is 0 Å². The summed E-state index contributed by atoms with van der Waals surface area (Å²) in [5.41, 5.74) is 3.63. The van der Waals surface area contributed by atoms with Crippen molar-refractivity contribution in [2.45, 2.75) is 32.8 Å². The van der Waals surface area contributed by atoms with Gasteiger partial charge in [-0.05, 0) is 48.8 Å². The van der Waals surface area contributed by atoms with Crippen LogP contribution in [-0.2, 0) is 6.42 Å². The monoisotopic (exact) mass is 246 g/mol. The van der Waals surface area contributed by atoms with Gasteiger partial charge in [-0.1, -0.05) is 30.3 Å². The number of hydrogen-bond donors (Lipinski definition) is 1. The Morgan fingerprint density at radius 3 is 2.47 bits per heavy atom. The Bertz CT molecular complexity index is 473. The minimum Gasteiger partial charge on any atom is -0.388 e. The van der Waals surface area contributed by atoms with Crippen LogP contribution in [0.2, 0.25) is 0 Å². The molecule has 0 bridgehead atoms. The Morgan fingerprint density at radius 2 is 1.88 bits per heavy atom. The van der Waals surface area contributed by atoms with Crippen molar-refractivity contribution >= 4 is 11.3 Å². The molecular formula is C15H18OS. The molecule has 1 heterocycles. The minimum atomic E-state index is -0.333. The quantitative estimate of drug-likeness (QED) is 0.863. The molecule has 0 aliphatic carbocycles. The Morgan fingerprint density at radius 1 is 1.18 bits per heavy atom. The maximum absolute atomic E-state index is 10.2. The second-order valence-corrected chi connectivity index (χ2v) is 5.50. The van der Waals surface area contributed by atoms with Gasteiger partial charge in [0.25, 0.3) is 0 Å². The highest BCUT2D eigenvalue weighted by Gasteiger charge is 2.13. The van der Waals surface area contributed by atoms with Gasteiger partial charge in [0.1, 0.15) is 0 Å². The van der Waals surface area contributed by atoms with E-state index in [0.717, 1.165) is 18.4 Å². The van der Waals surface area contributed by atoms with E-state index in [0.29, 0.717) is 0 Å². The lowest BCUT2D eigenvalue weighted by Gasteiger charge is -2.10. The number of aryl methyl sites for hydroxylation is 2. The summed E-state index contributed by atoms with van der Waals surface area (Å²) in [7, 11) is 0.